The van der Waals surface area contributed by atoms with Gasteiger partial charge in [-0.25, -0.2) is 0 Å². The lowest BCUT2D eigenvalue weighted by molar-refractivity contribution is -0.122. The maximum atomic E-state index is 12.3. The number of carbonyl (C=O) groups excluding carboxylic acids is 1. The predicted molar refractivity (Wildman–Crippen MR) is 99.0 cm³/mol. The number of rotatable bonds is 2. The molecule has 0 radical (unpaired) electrons. The van der Waals surface area contributed by atoms with Gasteiger partial charge in [-0.2, -0.15) is 4.99 Å². The summed E-state index contributed by atoms with van der Waals surface area (Å²) in [5.74, 6) is -0.196. The van der Waals surface area contributed by atoms with Crippen LogP contribution in [-0.4, -0.2) is 41.0 Å². The van der Waals surface area contributed by atoms with Crippen molar-refractivity contribution in [1.82, 2.24) is 9.88 Å². The van der Waals surface area contributed by atoms with E-state index in [4.69, 9.17) is 9.47 Å². The highest BCUT2D eigenvalue weighted by atomic mass is 16.5. The molecular weight excluding hydrogens is 342 g/mol. The Bertz CT molecular complexity index is 889. The summed E-state index contributed by atoms with van der Waals surface area (Å²) >= 11 is 0. The Morgan fingerprint density at radius 3 is 2.74 bits per heavy atom. The molecule has 1 fully saturated rings. The van der Waals surface area contributed by atoms with E-state index in [0.717, 1.165) is 37.2 Å². The van der Waals surface area contributed by atoms with Gasteiger partial charge in [0.2, 0.25) is 0 Å². The Hall–Kier alpha value is -2.73. The third-order valence-corrected chi connectivity index (χ3v) is 5.66. The van der Waals surface area contributed by atoms with Crippen molar-refractivity contribution in [1.29, 1.82) is 0 Å². The lowest BCUT2D eigenvalue weighted by atomic mass is 9.87. The average Bonchev–Trinajstić information content (AvgIpc) is 3.25. The molecule has 0 saturated carbocycles. The minimum atomic E-state index is -0.525. The topological polar surface area (TPSA) is 64.0 Å². The van der Waals surface area contributed by atoms with E-state index in [1.165, 1.54) is 5.56 Å². The first-order valence-electron chi connectivity index (χ1n) is 9.40. The predicted octanol–water partition coefficient (Wildman–Crippen LogP) is 2.43. The number of amidine groups is 1. The van der Waals surface area contributed by atoms with Crippen molar-refractivity contribution in [3.8, 4) is 0 Å². The number of carbonyl (C=O) groups is 1. The molecule has 3 aliphatic heterocycles. The fourth-order valence-corrected chi connectivity index (χ4v) is 4.16. The molecule has 1 aromatic heterocycles. The van der Waals surface area contributed by atoms with Crippen LogP contribution in [-0.2, 0) is 32.9 Å². The molecule has 1 amide bonds. The molecule has 138 valence electrons. The molecule has 27 heavy (non-hydrogen) atoms. The number of amides is 1. The molecule has 0 N–H and O–H groups in total. The van der Waals surface area contributed by atoms with Gasteiger partial charge in [0.25, 0.3) is 11.9 Å². The van der Waals surface area contributed by atoms with Crippen molar-refractivity contribution in [2.45, 2.75) is 37.6 Å². The number of nitrogens with zero attached hydrogens (tertiary/aromatic N) is 3. The van der Waals surface area contributed by atoms with Crippen molar-refractivity contribution in [3.05, 3.63) is 65.5 Å². The number of likely N-dealkylation sites (tertiary alicyclic amines) is 1. The van der Waals surface area contributed by atoms with E-state index in [-0.39, 0.29) is 11.5 Å². The summed E-state index contributed by atoms with van der Waals surface area (Å²) in [7, 11) is 0. The molecule has 6 heteroatoms. The van der Waals surface area contributed by atoms with Crippen LogP contribution < -0.4 is 0 Å². The number of fused-ring (bicyclic) bond motifs is 2. The zero-order chi connectivity index (χ0) is 18.3. The van der Waals surface area contributed by atoms with E-state index < -0.39 is 6.10 Å². The standard InChI is InChI=1S/C21H21N3O3/c25-19-17(13-15-5-2-1-3-6-15)27-20(23-19)24-11-8-21(9-12-24)18-16(14-26-21)7-4-10-22-18/h1-7,10,17H,8-9,11-14H2. The summed E-state index contributed by atoms with van der Waals surface area (Å²) in [6.45, 7) is 2.10. The smallest absolute Gasteiger partial charge is 0.296 e. The molecule has 1 spiro atoms. The zero-order valence-corrected chi connectivity index (χ0v) is 15.0. The molecule has 1 atom stereocenters. The number of ether oxygens (including phenoxy) is 2. The normalized spacial score (nSPS) is 23.3. The molecule has 2 aromatic rings. The van der Waals surface area contributed by atoms with E-state index >= 15 is 0 Å². The second-order valence-electron chi connectivity index (χ2n) is 7.31. The highest BCUT2D eigenvalue weighted by Gasteiger charge is 2.45. The first-order valence-corrected chi connectivity index (χ1v) is 9.40. The number of benzene rings is 1. The van der Waals surface area contributed by atoms with Crippen molar-refractivity contribution in [3.63, 3.8) is 0 Å². The molecule has 0 aliphatic carbocycles. The third-order valence-electron chi connectivity index (χ3n) is 5.66. The molecule has 5 rings (SSSR count). The SMILES string of the molecule is O=C1N=C(N2CCC3(CC2)OCc2cccnc23)OC1Cc1ccccc1. The van der Waals surface area contributed by atoms with Gasteiger partial charge in [0.05, 0.1) is 12.3 Å². The quantitative estimate of drug-likeness (QED) is 0.820. The lowest BCUT2D eigenvalue weighted by Crippen LogP contribution is -2.45. The Morgan fingerprint density at radius 2 is 1.93 bits per heavy atom. The summed E-state index contributed by atoms with van der Waals surface area (Å²) in [4.78, 5) is 23.1. The fraction of sp³-hybridized carbons (Fsp3) is 0.381. The second-order valence-corrected chi connectivity index (χ2v) is 7.31. The monoisotopic (exact) mass is 363 g/mol. The average molecular weight is 363 g/mol. The number of hydrogen-bond acceptors (Lipinski definition) is 5. The van der Waals surface area contributed by atoms with Crippen molar-refractivity contribution in [2.24, 2.45) is 4.99 Å². The van der Waals surface area contributed by atoms with Crippen LogP contribution in [0.1, 0.15) is 29.7 Å². The first-order chi connectivity index (χ1) is 13.2. The fourth-order valence-electron chi connectivity index (χ4n) is 4.16. The number of pyridine rings is 1. The summed E-state index contributed by atoms with van der Waals surface area (Å²) < 4.78 is 12.1. The molecule has 6 nitrogen and oxygen atoms in total. The summed E-state index contributed by atoms with van der Waals surface area (Å²) in [5, 5.41) is 0. The molecule has 1 saturated heterocycles. The first kappa shape index (κ1) is 16.4. The summed E-state index contributed by atoms with van der Waals surface area (Å²) in [6.07, 6.45) is 3.49. The maximum Gasteiger partial charge on any atom is 0.296 e. The van der Waals surface area contributed by atoms with E-state index in [2.05, 4.69) is 20.9 Å². The Labute approximate surface area is 157 Å². The van der Waals surface area contributed by atoms with Gasteiger partial charge in [-0.05, 0) is 24.5 Å². The van der Waals surface area contributed by atoms with Gasteiger partial charge in [0, 0.05) is 31.3 Å². The van der Waals surface area contributed by atoms with Gasteiger partial charge in [0.1, 0.15) is 5.60 Å². The van der Waals surface area contributed by atoms with Crippen LogP contribution in [0.15, 0.2) is 53.7 Å². The molecular formula is C21H21N3O3. The van der Waals surface area contributed by atoms with Crippen molar-refractivity contribution in [2.75, 3.05) is 13.1 Å². The van der Waals surface area contributed by atoms with E-state index in [1.807, 2.05) is 42.6 Å². The van der Waals surface area contributed by atoms with Gasteiger partial charge in [0.15, 0.2) is 6.10 Å². The largest absolute Gasteiger partial charge is 0.451 e. The van der Waals surface area contributed by atoms with Crippen molar-refractivity contribution < 1.29 is 14.3 Å². The van der Waals surface area contributed by atoms with Gasteiger partial charge >= 0.3 is 0 Å². The van der Waals surface area contributed by atoms with Crippen LogP contribution in [0.4, 0.5) is 0 Å². The second kappa shape index (κ2) is 6.46. The number of hydrogen-bond donors (Lipinski definition) is 0. The number of piperidine rings is 1. The van der Waals surface area contributed by atoms with Crippen molar-refractivity contribution >= 4 is 11.9 Å². The maximum absolute atomic E-state index is 12.3. The number of aliphatic imine (C=N–C) groups is 1. The third kappa shape index (κ3) is 2.90. The molecule has 3 aliphatic rings. The van der Waals surface area contributed by atoms with Crippen LogP contribution in [0, 0.1) is 0 Å². The molecule has 4 heterocycles. The van der Waals surface area contributed by atoms with Gasteiger partial charge in [-0.1, -0.05) is 36.4 Å². The Morgan fingerprint density at radius 1 is 1.11 bits per heavy atom. The summed E-state index contributed by atoms with van der Waals surface area (Å²) in [5.41, 5.74) is 3.02. The van der Waals surface area contributed by atoms with Gasteiger partial charge in [-0.15, -0.1) is 0 Å². The molecule has 0 bridgehead atoms. The van der Waals surface area contributed by atoms with E-state index in [1.54, 1.807) is 0 Å². The van der Waals surface area contributed by atoms with Crippen LogP contribution in [0.3, 0.4) is 0 Å². The van der Waals surface area contributed by atoms with E-state index in [9.17, 15) is 4.79 Å². The Kier molecular flexibility index (Phi) is 3.93. The van der Waals surface area contributed by atoms with Crippen LogP contribution >= 0.6 is 0 Å². The van der Waals surface area contributed by atoms with Crippen LogP contribution in [0.2, 0.25) is 0 Å². The van der Waals surface area contributed by atoms with E-state index in [0.29, 0.717) is 19.0 Å². The lowest BCUT2D eigenvalue weighted by Gasteiger charge is -2.38. The van der Waals surface area contributed by atoms with Gasteiger partial charge in [-0.3, -0.25) is 9.78 Å². The molecule has 1 aromatic carbocycles. The number of aromatic nitrogens is 1. The minimum absolute atomic E-state index is 0.196. The highest BCUT2D eigenvalue weighted by Crippen LogP contribution is 2.43. The minimum Gasteiger partial charge on any atom is -0.451 e. The highest BCUT2D eigenvalue weighted by molar-refractivity contribution is 5.98. The zero-order valence-electron chi connectivity index (χ0n) is 15.0. The summed E-state index contributed by atoms with van der Waals surface area (Å²) in [6, 6.07) is 14.4. The molecule has 1 unspecified atom stereocenters. The Balaban J connectivity index is 1.25. The van der Waals surface area contributed by atoms with Crippen LogP contribution in [0.25, 0.3) is 0 Å². The van der Waals surface area contributed by atoms with Crippen LogP contribution in [0.5, 0.6) is 0 Å². The van der Waals surface area contributed by atoms with Gasteiger partial charge < -0.3 is 14.4 Å².